The fraction of sp³-hybridized carbons (Fsp3) is 0.516. The van der Waals surface area contributed by atoms with Gasteiger partial charge in [-0.3, -0.25) is 9.69 Å². The van der Waals surface area contributed by atoms with E-state index in [1.807, 2.05) is 23.1 Å². The standard InChI is InChI=1S/C31H42FN5O2.3ClH/c1-24(38)36(19-16-35-17-20-37(21-18-35)30-6-3-4-7-31(30)39-2)13-5-12-34-14-10-25(11-15-34)28-23-33-29-22-26(32)8-9-27(28)29;;;/h3-4,6-9,22-23,25,33H,5,10-21H2,1-2H3;3*1H. The summed E-state index contributed by atoms with van der Waals surface area (Å²) in [5.74, 6) is 1.40. The van der Waals surface area contributed by atoms with Crippen molar-refractivity contribution >= 4 is 59.7 Å². The highest BCUT2D eigenvalue weighted by molar-refractivity contribution is 5.86. The second-order valence-corrected chi connectivity index (χ2v) is 10.9. The number of ether oxygens (including phenoxy) is 1. The minimum absolute atomic E-state index is 0. The normalized spacial score (nSPS) is 16.3. The van der Waals surface area contributed by atoms with E-state index < -0.39 is 0 Å². The van der Waals surface area contributed by atoms with Gasteiger partial charge in [0.2, 0.25) is 5.91 Å². The predicted molar refractivity (Wildman–Crippen MR) is 177 cm³/mol. The van der Waals surface area contributed by atoms with Crippen LogP contribution in [0.15, 0.2) is 48.7 Å². The van der Waals surface area contributed by atoms with Crippen LogP contribution in [0.4, 0.5) is 10.1 Å². The highest BCUT2D eigenvalue weighted by Crippen LogP contribution is 2.33. The third kappa shape index (κ3) is 8.89. The smallest absolute Gasteiger partial charge is 0.219 e. The summed E-state index contributed by atoms with van der Waals surface area (Å²) >= 11 is 0. The van der Waals surface area contributed by atoms with Gasteiger partial charge in [0.15, 0.2) is 0 Å². The number of anilines is 1. The van der Waals surface area contributed by atoms with Crippen LogP contribution in [0.2, 0.25) is 0 Å². The molecule has 2 aliphatic rings. The zero-order chi connectivity index (χ0) is 27.2. The molecule has 0 bridgehead atoms. The molecule has 0 spiro atoms. The summed E-state index contributed by atoms with van der Waals surface area (Å²) < 4.78 is 19.1. The van der Waals surface area contributed by atoms with E-state index in [1.165, 1.54) is 5.56 Å². The van der Waals surface area contributed by atoms with E-state index >= 15 is 0 Å². The molecule has 2 aromatic carbocycles. The lowest BCUT2D eigenvalue weighted by atomic mass is 9.89. The van der Waals surface area contributed by atoms with Crippen molar-refractivity contribution in [2.24, 2.45) is 0 Å². The molecule has 3 aromatic rings. The van der Waals surface area contributed by atoms with Gasteiger partial charge in [-0.2, -0.15) is 0 Å². The Kier molecular flexibility index (Phi) is 14.7. The number of para-hydroxylation sites is 2. The first kappa shape index (κ1) is 36.0. The quantitative estimate of drug-likeness (QED) is 0.302. The zero-order valence-corrected chi connectivity index (χ0v) is 27.0. The van der Waals surface area contributed by atoms with Crippen LogP contribution < -0.4 is 9.64 Å². The molecular weight excluding hydrogens is 600 g/mol. The van der Waals surface area contributed by atoms with Crippen LogP contribution in [0.1, 0.15) is 37.7 Å². The lowest BCUT2D eigenvalue weighted by Crippen LogP contribution is -2.49. The van der Waals surface area contributed by atoms with Crippen LogP contribution in [0.5, 0.6) is 5.75 Å². The lowest BCUT2D eigenvalue weighted by molar-refractivity contribution is -0.129. The lowest BCUT2D eigenvalue weighted by Gasteiger charge is -2.37. The molecule has 2 fully saturated rings. The summed E-state index contributed by atoms with van der Waals surface area (Å²) in [6.45, 7) is 11.3. The van der Waals surface area contributed by atoms with Crippen molar-refractivity contribution in [2.45, 2.75) is 32.1 Å². The largest absolute Gasteiger partial charge is 0.495 e. The number of piperidine rings is 1. The van der Waals surface area contributed by atoms with Crippen molar-refractivity contribution < 1.29 is 13.9 Å². The molecule has 1 amide bonds. The maximum absolute atomic E-state index is 13.5. The first-order valence-corrected chi connectivity index (χ1v) is 14.4. The number of aromatic nitrogens is 1. The number of aromatic amines is 1. The maximum Gasteiger partial charge on any atom is 0.219 e. The minimum atomic E-state index is -0.197. The molecule has 2 aliphatic heterocycles. The van der Waals surface area contributed by atoms with Crippen molar-refractivity contribution in [1.82, 2.24) is 19.7 Å². The summed E-state index contributed by atoms with van der Waals surface area (Å²) in [6, 6.07) is 13.2. The monoisotopic (exact) mass is 643 g/mol. The molecule has 42 heavy (non-hydrogen) atoms. The molecule has 0 atom stereocenters. The van der Waals surface area contributed by atoms with Gasteiger partial charge in [-0.25, -0.2) is 4.39 Å². The Labute approximate surface area is 268 Å². The van der Waals surface area contributed by atoms with E-state index in [1.54, 1.807) is 26.2 Å². The number of hydrogen-bond donors (Lipinski definition) is 1. The van der Waals surface area contributed by atoms with Crippen molar-refractivity contribution in [3.05, 3.63) is 60.0 Å². The number of rotatable bonds is 10. The third-order valence-corrected chi connectivity index (χ3v) is 8.54. The number of piperazine rings is 1. The molecule has 0 aliphatic carbocycles. The Morgan fingerprint density at radius 2 is 1.64 bits per heavy atom. The average molecular weight is 645 g/mol. The highest BCUT2D eigenvalue weighted by atomic mass is 35.5. The molecule has 234 valence electrons. The first-order valence-electron chi connectivity index (χ1n) is 14.4. The van der Waals surface area contributed by atoms with Crippen LogP contribution in [-0.2, 0) is 4.79 Å². The van der Waals surface area contributed by atoms with Gasteiger partial charge in [0, 0.05) is 69.8 Å². The molecule has 0 unspecified atom stereocenters. The number of H-pyrrole nitrogens is 1. The highest BCUT2D eigenvalue weighted by Gasteiger charge is 2.24. The number of fused-ring (bicyclic) bond motifs is 1. The molecular formula is C31H45Cl3FN5O2. The molecule has 1 N–H and O–H groups in total. The fourth-order valence-corrected chi connectivity index (χ4v) is 6.20. The maximum atomic E-state index is 13.5. The predicted octanol–water partition coefficient (Wildman–Crippen LogP) is 5.82. The molecule has 0 radical (unpaired) electrons. The first-order chi connectivity index (χ1) is 19.0. The Morgan fingerprint density at radius 3 is 2.33 bits per heavy atom. The summed E-state index contributed by atoms with van der Waals surface area (Å²) in [5.41, 5.74) is 3.36. The number of hydrogen-bond acceptors (Lipinski definition) is 5. The topological polar surface area (TPSA) is 55.1 Å². The van der Waals surface area contributed by atoms with Crippen LogP contribution >= 0.6 is 37.2 Å². The molecule has 5 rings (SSSR count). The Bertz CT molecular complexity index is 1250. The average Bonchev–Trinajstić information content (AvgIpc) is 3.38. The number of likely N-dealkylation sites (tertiary alicyclic amines) is 1. The number of carbonyl (C=O) groups is 1. The molecule has 1 aromatic heterocycles. The number of amides is 1. The van der Waals surface area contributed by atoms with E-state index in [2.05, 4.69) is 38.0 Å². The van der Waals surface area contributed by atoms with Crippen molar-refractivity contribution in [2.75, 3.05) is 77.5 Å². The second kappa shape index (κ2) is 17.2. The number of halogens is 4. The van der Waals surface area contributed by atoms with Crippen LogP contribution in [-0.4, -0.2) is 98.1 Å². The van der Waals surface area contributed by atoms with Gasteiger partial charge >= 0.3 is 0 Å². The number of nitrogens with zero attached hydrogens (tertiary/aromatic N) is 4. The Balaban J connectivity index is 0.00000205. The Hall–Kier alpha value is -2.23. The zero-order valence-electron chi connectivity index (χ0n) is 24.6. The van der Waals surface area contributed by atoms with Gasteiger partial charge in [-0.05, 0) is 80.7 Å². The van der Waals surface area contributed by atoms with Crippen molar-refractivity contribution in [1.29, 1.82) is 0 Å². The van der Waals surface area contributed by atoms with Crippen LogP contribution in [0.25, 0.3) is 10.9 Å². The van der Waals surface area contributed by atoms with E-state index in [0.717, 1.165) is 107 Å². The van der Waals surface area contributed by atoms with Gasteiger partial charge < -0.3 is 24.4 Å². The van der Waals surface area contributed by atoms with E-state index in [0.29, 0.717) is 5.92 Å². The van der Waals surface area contributed by atoms with Gasteiger partial charge in [0.25, 0.3) is 0 Å². The number of nitrogens with one attached hydrogen (secondary N) is 1. The van der Waals surface area contributed by atoms with Gasteiger partial charge in [-0.15, -0.1) is 37.2 Å². The van der Waals surface area contributed by atoms with Crippen LogP contribution in [0, 0.1) is 5.82 Å². The van der Waals surface area contributed by atoms with E-state index in [-0.39, 0.29) is 48.9 Å². The van der Waals surface area contributed by atoms with Gasteiger partial charge in [0.05, 0.1) is 12.8 Å². The Morgan fingerprint density at radius 1 is 0.952 bits per heavy atom. The van der Waals surface area contributed by atoms with Crippen molar-refractivity contribution in [3.8, 4) is 5.75 Å². The molecule has 3 heterocycles. The van der Waals surface area contributed by atoms with Gasteiger partial charge in [0.1, 0.15) is 11.6 Å². The summed E-state index contributed by atoms with van der Waals surface area (Å²) in [6.07, 6.45) is 5.29. The summed E-state index contributed by atoms with van der Waals surface area (Å²) in [4.78, 5) is 25.0. The second-order valence-electron chi connectivity index (χ2n) is 10.9. The van der Waals surface area contributed by atoms with Gasteiger partial charge in [-0.1, -0.05) is 12.1 Å². The van der Waals surface area contributed by atoms with Crippen LogP contribution in [0.3, 0.4) is 0 Å². The number of methoxy groups -OCH3 is 1. The minimum Gasteiger partial charge on any atom is -0.495 e. The molecule has 0 saturated carbocycles. The number of carbonyl (C=O) groups excluding carboxylic acids is 1. The molecule has 7 nitrogen and oxygen atoms in total. The third-order valence-electron chi connectivity index (χ3n) is 8.54. The molecule has 2 saturated heterocycles. The summed E-state index contributed by atoms with van der Waals surface area (Å²) in [5, 5.41) is 1.15. The SMILES string of the molecule is COc1ccccc1N1CCN(CCN(CCCN2CCC(c3c[nH]c4cc(F)ccc34)CC2)C(C)=O)CC1.Cl.Cl.Cl. The van der Waals surface area contributed by atoms with E-state index in [9.17, 15) is 9.18 Å². The summed E-state index contributed by atoms with van der Waals surface area (Å²) in [7, 11) is 1.72. The molecule has 11 heteroatoms. The fourth-order valence-electron chi connectivity index (χ4n) is 6.20. The number of benzene rings is 2. The van der Waals surface area contributed by atoms with Crippen molar-refractivity contribution in [3.63, 3.8) is 0 Å². The van der Waals surface area contributed by atoms with E-state index in [4.69, 9.17) is 4.74 Å².